The van der Waals surface area contributed by atoms with Gasteiger partial charge in [-0.15, -0.1) is 0 Å². The second kappa shape index (κ2) is 4.27. The largest absolute Gasteiger partial charge is 0.382 e. The maximum atomic E-state index is 12.3. The molecule has 0 aromatic carbocycles. The van der Waals surface area contributed by atoms with Crippen molar-refractivity contribution < 1.29 is 13.7 Å². The van der Waals surface area contributed by atoms with Crippen molar-refractivity contribution in [1.29, 1.82) is 5.26 Å². The monoisotopic (exact) mass is 277 g/mol. The highest BCUT2D eigenvalue weighted by Gasteiger charge is 2.25. The fraction of sp³-hybridized carbons (Fsp3) is 0.143. The molecule has 1 aromatic rings. The Balaban J connectivity index is 3.48. The number of nitrogens with zero attached hydrogens (tertiary/aromatic N) is 3. The van der Waals surface area contributed by atoms with Gasteiger partial charge in [0.25, 0.3) is 6.43 Å². The van der Waals surface area contributed by atoms with E-state index in [4.69, 9.17) is 5.26 Å². The third-order valence-corrected chi connectivity index (χ3v) is 2.40. The van der Waals surface area contributed by atoms with Crippen molar-refractivity contribution in [2.24, 2.45) is 0 Å². The number of halogens is 3. The van der Waals surface area contributed by atoms with Gasteiger partial charge in [0.1, 0.15) is 6.07 Å². The highest BCUT2D eigenvalue weighted by atomic mass is 79.9. The van der Waals surface area contributed by atoms with Crippen LogP contribution in [0.4, 0.5) is 14.6 Å². The third-order valence-electron chi connectivity index (χ3n) is 1.54. The summed E-state index contributed by atoms with van der Waals surface area (Å²) in [6.07, 6.45) is -2.17. The van der Waals surface area contributed by atoms with Crippen LogP contribution in [0.2, 0.25) is 0 Å². The summed E-state index contributed by atoms with van der Waals surface area (Å²) in [5, 5.41) is 19.0. The van der Waals surface area contributed by atoms with Crippen LogP contribution < -0.4 is 0 Å². The summed E-state index contributed by atoms with van der Waals surface area (Å²) in [7, 11) is 0. The van der Waals surface area contributed by atoms with Crippen LogP contribution in [0, 0.1) is 21.4 Å². The Hall–Kier alpha value is -1.62. The molecule has 1 heterocycles. The van der Waals surface area contributed by atoms with Gasteiger partial charge in [0.2, 0.25) is 0 Å². The average molecular weight is 278 g/mol. The number of nitriles is 1. The van der Waals surface area contributed by atoms with E-state index in [2.05, 4.69) is 20.9 Å². The molecule has 0 bridgehead atoms. The van der Waals surface area contributed by atoms with E-state index in [1.54, 1.807) is 0 Å². The lowest BCUT2D eigenvalue weighted by atomic mass is 10.2. The van der Waals surface area contributed by atoms with E-state index in [1.165, 1.54) is 6.07 Å². The van der Waals surface area contributed by atoms with Gasteiger partial charge in [0, 0.05) is 0 Å². The van der Waals surface area contributed by atoms with E-state index < -0.39 is 28.3 Å². The molecule has 0 amide bonds. The zero-order valence-corrected chi connectivity index (χ0v) is 8.53. The highest BCUT2D eigenvalue weighted by Crippen LogP contribution is 2.32. The molecule has 0 saturated heterocycles. The molecule has 1 rings (SSSR count). The summed E-state index contributed by atoms with van der Waals surface area (Å²) in [6, 6.07) is 1.46. The summed E-state index contributed by atoms with van der Waals surface area (Å²) >= 11 is 2.71. The molecule has 0 N–H and O–H groups in total. The Morgan fingerprint density at radius 3 is 2.67 bits per heavy atom. The molecule has 0 radical (unpaired) electrons. The lowest BCUT2D eigenvalue weighted by molar-refractivity contribution is -0.389. The topological polar surface area (TPSA) is 79.8 Å². The van der Waals surface area contributed by atoms with Crippen LogP contribution in [0.15, 0.2) is 10.7 Å². The number of pyridine rings is 1. The van der Waals surface area contributed by atoms with E-state index in [0.717, 1.165) is 0 Å². The van der Waals surface area contributed by atoms with Crippen LogP contribution in [0.5, 0.6) is 0 Å². The predicted molar refractivity (Wildman–Crippen MR) is 48.3 cm³/mol. The molecular weight excluding hydrogens is 276 g/mol. The molecule has 0 spiro atoms. The van der Waals surface area contributed by atoms with E-state index in [-0.39, 0.29) is 4.47 Å². The number of aromatic nitrogens is 1. The lowest BCUT2D eigenvalue weighted by Crippen LogP contribution is -2.00. The molecule has 0 unspecified atom stereocenters. The fourth-order valence-electron chi connectivity index (χ4n) is 0.884. The first-order valence-corrected chi connectivity index (χ1v) is 4.29. The summed E-state index contributed by atoms with van der Waals surface area (Å²) in [5.41, 5.74) is -1.05. The Morgan fingerprint density at radius 2 is 2.27 bits per heavy atom. The molecule has 15 heavy (non-hydrogen) atoms. The summed E-state index contributed by atoms with van der Waals surface area (Å²) in [6.45, 7) is 0. The van der Waals surface area contributed by atoms with E-state index in [1.807, 2.05) is 0 Å². The summed E-state index contributed by atoms with van der Waals surface area (Å²) < 4.78 is 24.4. The standard InChI is InChI=1S/C7H2BrF2N3O2/c8-5-3(1-11)7(13(14)15)12-2-4(5)6(9)10/h2,6H. The van der Waals surface area contributed by atoms with Crippen molar-refractivity contribution in [1.82, 2.24) is 4.98 Å². The van der Waals surface area contributed by atoms with Gasteiger partial charge in [-0.05, 0) is 25.8 Å². The lowest BCUT2D eigenvalue weighted by Gasteiger charge is -2.02. The van der Waals surface area contributed by atoms with Crippen molar-refractivity contribution in [2.45, 2.75) is 6.43 Å². The quantitative estimate of drug-likeness (QED) is 0.615. The molecule has 0 atom stereocenters. The molecule has 0 aliphatic heterocycles. The van der Waals surface area contributed by atoms with Gasteiger partial charge in [0.15, 0.2) is 11.8 Å². The van der Waals surface area contributed by atoms with Gasteiger partial charge in [-0.25, -0.2) is 8.78 Å². The van der Waals surface area contributed by atoms with E-state index in [9.17, 15) is 18.9 Å². The van der Waals surface area contributed by atoms with Gasteiger partial charge in [-0.1, -0.05) is 0 Å². The number of hydrogen-bond donors (Lipinski definition) is 0. The first-order chi connectivity index (χ1) is 6.99. The molecule has 0 aliphatic carbocycles. The molecular formula is C7H2BrF2N3O2. The predicted octanol–water partition coefficient (Wildman–Crippen LogP) is 2.56. The average Bonchev–Trinajstić information content (AvgIpc) is 2.16. The van der Waals surface area contributed by atoms with Gasteiger partial charge < -0.3 is 10.1 Å². The first kappa shape index (κ1) is 11.5. The minimum absolute atomic E-state index is 0.290. The van der Waals surface area contributed by atoms with Crippen LogP contribution in [0.25, 0.3) is 0 Å². The van der Waals surface area contributed by atoms with Crippen molar-refractivity contribution in [3.05, 3.63) is 31.9 Å². The minimum atomic E-state index is -2.85. The Bertz CT molecular complexity index is 458. The minimum Gasteiger partial charge on any atom is -0.358 e. The van der Waals surface area contributed by atoms with Crippen LogP contribution in [-0.2, 0) is 0 Å². The normalized spacial score (nSPS) is 10.1. The Labute approximate surface area is 90.6 Å². The maximum Gasteiger partial charge on any atom is 0.382 e. The van der Waals surface area contributed by atoms with Crippen molar-refractivity contribution in [3.63, 3.8) is 0 Å². The molecule has 0 saturated carbocycles. The number of alkyl halides is 2. The van der Waals surface area contributed by atoms with E-state index in [0.29, 0.717) is 6.20 Å². The van der Waals surface area contributed by atoms with E-state index >= 15 is 0 Å². The third kappa shape index (κ3) is 2.07. The van der Waals surface area contributed by atoms with Gasteiger partial charge in [0.05, 0.1) is 10.0 Å². The summed E-state index contributed by atoms with van der Waals surface area (Å²) in [5.74, 6) is -0.742. The Kier molecular flexibility index (Phi) is 3.26. The second-order valence-electron chi connectivity index (χ2n) is 2.40. The second-order valence-corrected chi connectivity index (χ2v) is 3.19. The molecule has 1 aromatic heterocycles. The van der Waals surface area contributed by atoms with Crippen molar-refractivity contribution >= 4 is 21.7 Å². The summed E-state index contributed by atoms with van der Waals surface area (Å²) in [4.78, 5) is 12.7. The molecule has 8 heteroatoms. The zero-order chi connectivity index (χ0) is 11.6. The Morgan fingerprint density at radius 1 is 1.67 bits per heavy atom. The van der Waals surface area contributed by atoms with Crippen LogP contribution in [-0.4, -0.2) is 9.91 Å². The van der Waals surface area contributed by atoms with Crippen molar-refractivity contribution in [3.8, 4) is 6.07 Å². The van der Waals surface area contributed by atoms with Gasteiger partial charge >= 0.3 is 5.82 Å². The maximum absolute atomic E-state index is 12.3. The smallest absolute Gasteiger partial charge is 0.358 e. The fourth-order valence-corrected chi connectivity index (χ4v) is 1.43. The number of nitro groups is 1. The van der Waals surface area contributed by atoms with Gasteiger partial charge in [-0.2, -0.15) is 5.26 Å². The van der Waals surface area contributed by atoms with Crippen LogP contribution >= 0.6 is 15.9 Å². The molecule has 78 valence electrons. The molecule has 0 fully saturated rings. The van der Waals surface area contributed by atoms with Crippen LogP contribution in [0.1, 0.15) is 17.6 Å². The highest BCUT2D eigenvalue weighted by molar-refractivity contribution is 9.10. The van der Waals surface area contributed by atoms with Gasteiger partial charge in [-0.3, -0.25) is 0 Å². The molecule has 0 aliphatic rings. The number of rotatable bonds is 2. The SMILES string of the molecule is N#Cc1c([N+](=O)[O-])ncc(C(F)F)c1Br. The zero-order valence-electron chi connectivity index (χ0n) is 6.95. The van der Waals surface area contributed by atoms with Crippen LogP contribution in [0.3, 0.4) is 0 Å². The van der Waals surface area contributed by atoms with Crippen molar-refractivity contribution in [2.75, 3.05) is 0 Å². The first-order valence-electron chi connectivity index (χ1n) is 3.50. The number of hydrogen-bond acceptors (Lipinski definition) is 4. The molecule has 5 nitrogen and oxygen atoms in total.